The van der Waals surface area contributed by atoms with E-state index in [1.54, 1.807) is 20.9 Å². The first kappa shape index (κ1) is 27.3. The normalized spacial score (nSPS) is 11.8. The Hall–Kier alpha value is -4.28. The zero-order chi connectivity index (χ0) is 27.7. The molecule has 0 aliphatic heterocycles. The van der Waals surface area contributed by atoms with Crippen molar-refractivity contribution in [1.29, 1.82) is 10.8 Å². The molecule has 37 heavy (non-hydrogen) atoms. The molecule has 1 heterocycles. The fourth-order valence-corrected chi connectivity index (χ4v) is 3.51. The second kappa shape index (κ2) is 10.4. The Morgan fingerprint density at radius 3 is 2.46 bits per heavy atom. The number of nitrogens with one attached hydrogen (secondary N) is 3. The minimum Gasteiger partial charge on any atom is -0.350 e. The van der Waals surface area contributed by atoms with E-state index >= 15 is 8.78 Å². The van der Waals surface area contributed by atoms with Crippen LogP contribution in [0.25, 0.3) is 16.5 Å². The molecule has 1 amide bonds. The van der Waals surface area contributed by atoms with Gasteiger partial charge in [0, 0.05) is 48.9 Å². The second-order valence-electron chi connectivity index (χ2n) is 8.74. The smallest absolute Gasteiger partial charge is 0.332 e. The van der Waals surface area contributed by atoms with Gasteiger partial charge in [-0.1, -0.05) is 18.7 Å². The second-order valence-corrected chi connectivity index (χ2v) is 8.74. The molecule has 194 valence electrons. The zero-order valence-corrected chi connectivity index (χ0v) is 20.7. The van der Waals surface area contributed by atoms with Crippen LogP contribution in [-0.4, -0.2) is 45.3 Å². The number of amides is 1. The number of carbonyl (C=O) groups excluding carboxylic acids is 1. The number of likely N-dealkylation sites (N-methyl/N-ethyl adjacent to an activating group) is 1. The molecule has 3 aromatic rings. The third-order valence-electron chi connectivity index (χ3n) is 5.48. The lowest BCUT2D eigenvalue weighted by Crippen LogP contribution is -2.42. The monoisotopic (exact) mass is 514 g/mol. The highest BCUT2D eigenvalue weighted by Crippen LogP contribution is 2.34. The lowest BCUT2D eigenvalue weighted by atomic mass is 10.0. The van der Waals surface area contributed by atoms with Gasteiger partial charge < -0.3 is 10.2 Å². The van der Waals surface area contributed by atoms with Crippen molar-refractivity contribution in [1.82, 2.24) is 20.0 Å². The maximum absolute atomic E-state index is 15.1. The number of carbonyl (C=O) groups is 1. The number of amidine groups is 2. The summed E-state index contributed by atoms with van der Waals surface area (Å²) in [4.78, 5) is 12.6. The Balaban J connectivity index is 1.76. The molecular formula is C26H26F4N6O. The molecule has 0 aliphatic carbocycles. The van der Waals surface area contributed by atoms with E-state index in [0.717, 1.165) is 31.3 Å². The molecule has 3 rings (SSSR count). The van der Waals surface area contributed by atoms with E-state index in [2.05, 4.69) is 17.0 Å². The zero-order valence-electron chi connectivity index (χ0n) is 20.7. The van der Waals surface area contributed by atoms with Crippen LogP contribution in [-0.2, 0) is 13.0 Å². The Morgan fingerprint density at radius 2 is 1.84 bits per heavy atom. The van der Waals surface area contributed by atoms with E-state index in [0.29, 0.717) is 4.90 Å². The van der Waals surface area contributed by atoms with E-state index in [4.69, 9.17) is 10.8 Å². The topological polar surface area (TPSA) is 97.9 Å². The molecule has 0 radical (unpaired) electrons. The summed E-state index contributed by atoms with van der Waals surface area (Å²) >= 11 is 0. The lowest BCUT2D eigenvalue weighted by Gasteiger charge is -2.26. The summed E-state index contributed by atoms with van der Waals surface area (Å²) < 4.78 is 60.6. The highest BCUT2D eigenvalue weighted by molar-refractivity contribution is 6.06. The fraction of sp³-hybridized carbons (Fsp3) is 0.231. The van der Waals surface area contributed by atoms with E-state index in [-0.39, 0.29) is 33.6 Å². The number of halogens is 4. The average Bonchev–Trinajstić information content (AvgIpc) is 3.18. The minimum absolute atomic E-state index is 0.0417. The number of aryl methyl sites for hydroxylation is 1. The first-order chi connectivity index (χ1) is 17.2. The van der Waals surface area contributed by atoms with Crippen LogP contribution in [0.1, 0.15) is 35.3 Å². The minimum atomic E-state index is -4.06. The molecule has 3 N–H and O–H groups in total. The summed E-state index contributed by atoms with van der Waals surface area (Å²) in [5, 5.41) is 23.0. The number of fused-ring (bicyclic) bond motifs is 1. The van der Waals surface area contributed by atoms with Crippen LogP contribution < -0.4 is 5.32 Å². The van der Waals surface area contributed by atoms with Gasteiger partial charge in [0.25, 0.3) is 5.91 Å². The molecule has 0 unspecified atom stereocenters. The highest BCUT2D eigenvalue weighted by Gasteiger charge is 2.43. The number of hydrogen-bond donors (Lipinski definition) is 3. The predicted molar refractivity (Wildman–Crippen MR) is 135 cm³/mol. The first-order valence-corrected chi connectivity index (χ1v) is 11.1. The van der Waals surface area contributed by atoms with Gasteiger partial charge in [-0.2, -0.15) is 13.9 Å². The number of aromatic nitrogens is 2. The van der Waals surface area contributed by atoms with Gasteiger partial charge in [0.15, 0.2) is 5.84 Å². The lowest BCUT2D eigenvalue weighted by molar-refractivity contribution is 0.0614. The molecule has 2 aromatic carbocycles. The van der Waals surface area contributed by atoms with Crippen LogP contribution in [0.15, 0.2) is 55.3 Å². The molecule has 11 heteroatoms. The van der Waals surface area contributed by atoms with Crippen LogP contribution in [0, 0.1) is 22.5 Å². The molecule has 1 aromatic heterocycles. The molecule has 0 fully saturated rings. The summed E-state index contributed by atoms with van der Waals surface area (Å²) in [5.41, 5.74) is -0.561. The van der Waals surface area contributed by atoms with Crippen LogP contribution in [0.3, 0.4) is 0 Å². The Labute approximate surface area is 211 Å². The maximum Gasteiger partial charge on any atom is 0.332 e. The van der Waals surface area contributed by atoms with Crippen molar-refractivity contribution in [2.45, 2.75) is 25.8 Å². The molecular weight excluding hydrogens is 488 g/mol. The third-order valence-corrected chi connectivity index (χ3v) is 5.48. The summed E-state index contributed by atoms with van der Waals surface area (Å²) in [6, 6.07) is 5.47. The SMILES string of the molecule is C=C(C=CC(=N)N(C)C(=N)C(F)(F)c1cc2cn(C)nc2cc1F)c1ccc(C(=O)NC(C)C)cc1F. The number of alkyl halides is 2. The summed E-state index contributed by atoms with van der Waals surface area (Å²) in [7, 11) is 2.63. The van der Waals surface area contributed by atoms with Gasteiger partial charge in [-0.3, -0.25) is 20.3 Å². The Kier molecular flexibility index (Phi) is 7.66. The highest BCUT2D eigenvalue weighted by atomic mass is 19.3. The van der Waals surface area contributed by atoms with Gasteiger partial charge >= 0.3 is 5.92 Å². The summed E-state index contributed by atoms with van der Waals surface area (Å²) in [6.45, 7) is 7.26. The van der Waals surface area contributed by atoms with Crippen LogP contribution in [0.4, 0.5) is 17.6 Å². The van der Waals surface area contributed by atoms with Crippen molar-refractivity contribution < 1.29 is 22.4 Å². The molecule has 7 nitrogen and oxygen atoms in total. The fourth-order valence-electron chi connectivity index (χ4n) is 3.51. The first-order valence-electron chi connectivity index (χ1n) is 11.1. The Bertz CT molecular complexity index is 1440. The van der Waals surface area contributed by atoms with Gasteiger partial charge in [0.05, 0.1) is 11.1 Å². The van der Waals surface area contributed by atoms with E-state index in [9.17, 15) is 13.6 Å². The average molecular weight is 515 g/mol. The van der Waals surface area contributed by atoms with Crippen molar-refractivity contribution in [2.75, 3.05) is 7.05 Å². The standard InChI is InChI=1S/C26H26F4N6O/c1-14(2)33-24(37)16-7-8-18(20(27)11-16)15(3)6-9-23(31)36(5)25(32)26(29,30)19-10-17-13-35(4)34-22(17)12-21(19)28/h6-14,31-32H,3H2,1-2,4-5H3,(H,33,37). The number of nitrogens with zero attached hydrogens (tertiary/aromatic N) is 3. The van der Waals surface area contributed by atoms with Gasteiger partial charge in [-0.05, 0) is 43.7 Å². The number of hydrogen-bond acceptors (Lipinski definition) is 4. The van der Waals surface area contributed by atoms with Crippen LogP contribution in [0.2, 0.25) is 0 Å². The third kappa shape index (κ3) is 5.76. The summed E-state index contributed by atoms with van der Waals surface area (Å²) in [6.07, 6.45) is 3.73. The number of benzene rings is 2. The van der Waals surface area contributed by atoms with Gasteiger partial charge in [0.2, 0.25) is 0 Å². The van der Waals surface area contributed by atoms with Gasteiger partial charge in [0.1, 0.15) is 17.5 Å². The molecule has 0 saturated heterocycles. The van der Waals surface area contributed by atoms with Crippen molar-refractivity contribution in [3.63, 3.8) is 0 Å². The van der Waals surface area contributed by atoms with Crippen molar-refractivity contribution in [2.24, 2.45) is 7.05 Å². The van der Waals surface area contributed by atoms with Crippen LogP contribution >= 0.6 is 0 Å². The van der Waals surface area contributed by atoms with Gasteiger partial charge in [-0.25, -0.2) is 8.78 Å². The molecule has 0 spiro atoms. The van der Waals surface area contributed by atoms with E-state index in [1.807, 2.05) is 0 Å². The van der Waals surface area contributed by atoms with E-state index in [1.165, 1.54) is 29.1 Å². The van der Waals surface area contributed by atoms with Crippen molar-refractivity contribution in [3.8, 4) is 0 Å². The summed E-state index contributed by atoms with van der Waals surface area (Å²) in [5.74, 6) is -8.33. The quantitative estimate of drug-likeness (QED) is 0.174. The molecule has 0 bridgehead atoms. The van der Waals surface area contributed by atoms with E-state index < -0.39 is 40.7 Å². The maximum atomic E-state index is 15.1. The molecule has 0 aliphatic rings. The molecule has 0 saturated carbocycles. The molecule has 0 atom stereocenters. The largest absolute Gasteiger partial charge is 0.350 e. The number of rotatable bonds is 7. The van der Waals surface area contributed by atoms with Gasteiger partial charge in [-0.15, -0.1) is 0 Å². The van der Waals surface area contributed by atoms with Crippen molar-refractivity contribution >= 4 is 34.1 Å². The Morgan fingerprint density at radius 1 is 1.16 bits per heavy atom. The number of allylic oxidation sites excluding steroid dienone is 2. The predicted octanol–water partition coefficient (Wildman–Crippen LogP) is 5.24. The van der Waals surface area contributed by atoms with Crippen molar-refractivity contribution in [3.05, 3.63) is 83.6 Å². The van der Waals surface area contributed by atoms with Crippen LogP contribution in [0.5, 0.6) is 0 Å².